The molecule has 1 heterocycles. The molecule has 21 heavy (non-hydrogen) atoms. The topological polar surface area (TPSA) is 44.5 Å². The minimum absolute atomic E-state index is 0.108. The number of fused-ring (bicyclic) bond motifs is 1. The van der Waals surface area contributed by atoms with Crippen molar-refractivity contribution in [1.29, 1.82) is 0 Å². The summed E-state index contributed by atoms with van der Waals surface area (Å²) >= 11 is 0. The number of ether oxygens (including phenoxy) is 2. The van der Waals surface area contributed by atoms with E-state index in [4.69, 9.17) is 15.2 Å². The first-order valence-electron chi connectivity index (χ1n) is 6.94. The largest absolute Gasteiger partial charge is 0.494 e. The second-order valence-corrected chi connectivity index (χ2v) is 5.38. The van der Waals surface area contributed by atoms with Crippen molar-refractivity contribution in [2.75, 3.05) is 7.11 Å². The molecule has 4 heteroatoms. The van der Waals surface area contributed by atoms with Crippen molar-refractivity contribution in [1.82, 2.24) is 0 Å². The summed E-state index contributed by atoms with van der Waals surface area (Å²) in [6, 6.07) is 10.7. The zero-order valence-electron chi connectivity index (χ0n) is 12.1. The fraction of sp³-hybridized carbons (Fsp3) is 0.294. The van der Waals surface area contributed by atoms with Gasteiger partial charge in [0.15, 0.2) is 11.6 Å². The van der Waals surface area contributed by atoms with Crippen LogP contribution in [-0.2, 0) is 0 Å². The number of nitrogens with two attached hydrogens (primary N) is 1. The molecule has 0 radical (unpaired) electrons. The molecule has 0 saturated heterocycles. The van der Waals surface area contributed by atoms with Crippen molar-refractivity contribution in [3.63, 3.8) is 0 Å². The van der Waals surface area contributed by atoms with E-state index >= 15 is 0 Å². The van der Waals surface area contributed by atoms with E-state index in [1.165, 1.54) is 13.2 Å². The standard InChI is InChI=1S/C17H18FNO2/c1-10-3-5-15-12(7-10)14(19)9-17(21-15)11-4-6-16(20-2)13(18)8-11/h3-8,14,17H,9,19H2,1-2H3/t14-,17?/m1/s1. The van der Waals surface area contributed by atoms with E-state index < -0.39 is 0 Å². The van der Waals surface area contributed by atoms with Crippen LogP contribution < -0.4 is 15.2 Å². The molecule has 0 saturated carbocycles. The van der Waals surface area contributed by atoms with Crippen LogP contribution in [0.3, 0.4) is 0 Å². The van der Waals surface area contributed by atoms with Gasteiger partial charge < -0.3 is 15.2 Å². The highest BCUT2D eigenvalue weighted by atomic mass is 19.1. The SMILES string of the molecule is COc1ccc(C2C[C@@H](N)c3cc(C)ccc3O2)cc1F. The monoisotopic (exact) mass is 287 g/mol. The quantitative estimate of drug-likeness (QED) is 0.916. The number of benzene rings is 2. The number of rotatable bonds is 2. The summed E-state index contributed by atoms with van der Waals surface area (Å²) in [6.45, 7) is 2.03. The molecule has 0 bridgehead atoms. The molecule has 0 fully saturated rings. The van der Waals surface area contributed by atoms with Crippen LogP contribution in [-0.4, -0.2) is 7.11 Å². The minimum atomic E-state index is -0.387. The van der Waals surface area contributed by atoms with Gasteiger partial charge in [-0.05, 0) is 30.7 Å². The Labute approximate surface area is 123 Å². The van der Waals surface area contributed by atoms with Gasteiger partial charge in [-0.1, -0.05) is 23.8 Å². The van der Waals surface area contributed by atoms with E-state index in [9.17, 15) is 4.39 Å². The normalized spacial score (nSPS) is 20.6. The van der Waals surface area contributed by atoms with Gasteiger partial charge in [0.2, 0.25) is 0 Å². The number of aryl methyl sites for hydroxylation is 1. The molecule has 2 atom stereocenters. The molecule has 0 amide bonds. The van der Waals surface area contributed by atoms with Crippen molar-refractivity contribution in [2.45, 2.75) is 25.5 Å². The first kappa shape index (κ1) is 13.9. The van der Waals surface area contributed by atoms with Crippen molar-refractivity contribution in [3.05, 3.63) is 58.9 Å². The lowest BCUT2D eigenvalue weighted by atomic mass is 9.92. The van der Waals surface area contributed by atoms with Gasteiger partial charge in [-0.15, -0.1) is 0 Å². The molecule has 1 aliphatic rings. The molecule has 0 spiro atoms. The first-order valence-corrected chi connectivity index (χ1v) is 6.94. The van der Waals surface area contributed by atoms with Gasteiger partial charge in [-0.25, -0.2) is 4.39 Å². The third-order valence-electron chi connectivity index (χ3n) is 3.85. The molecule has 2 N–H and O–H groups in total. The highest BCUT2D eigenvalue weighted by Crippen LogP contribution is 2.40. The second kappa shape index (κ2) is 5.37. The number of hydrogen-bond acceptors (Lipinski definition) is 3. The van der Waals surface area contributed by atoms with Crippen LogP contribution in [0.1, 0.15) is 35.3 Å². The maximum atomic E-state index is 13.8. The Bertz CT molecular complexity index is 672. The van der Waals surface area contributed by atoms with E-state index in [1.54, 1.807) is 6.07 Å². The molecule has 2 aromatic rings. The van der Waals surface area contributed by atoms with E-state index in [1.807, 2.05) is 31.2 Å². The first-order chi connectivity index (χ1) is 10.1. The molecule has 3 nitrogen and oxygen atoms in total. The van der Waals surface area contributed by atoms with E-state index in [0.29, 0.717) is 6.42 Å². The molecule has 1 aliphatic heterocycles. The third kappa shape index (κ3) is 2.59. The Hall–Kier alpha value is -2.07. The van der Waals surface area contributed by atoms with Crippen LogP contribution in [0.5, 0.6) is 11.5 Å². The summed E-state index contributed by atoms with van der Waals surface area (Å²) in [4.78, 5) is 0. The highest BCUT2D eigenvalue weighted by molar-refractivity contribution is 5.42. The fourth-order valence-corrected chi connectivity index (χ4v) is 2.71. The van der Waals surface area contributed by atoms with Gasteiger partial charge in [0.1, 0.15) is 11.9 Å². The van der Waals surface area contributed by atoms with Crippen molar-refractivity contribution in [2.24, 2.45) is 5.73 Å². The summed E-state index contributed by atoms with van der Waals surface area (Å²) in [6.07, 6.45) is 0.387. The molecule has 1 unspecified atom stereocenters. The van der Waals surface area contributed by atoms with Gasteiger partial charge >= 0.3 is 0 Å². The van der Waals surface area contributed by atoms with Crippen LogP contribution in [0.4, 0.5) is 4.39 Å². The zero-order valence-corrected chi connectivity index (χ0v) is 12.1. The van der Waals surface area contributed by atoms with Gasteiger partial charge in [0.05, 0.1) is 7.11 Å². The second-order valence-electron chi connectivity index (χ2n) is 5.38. The van der Waals surface area contributed by atoms with Gasteiger partial charge in [0, 0.05) is 18.0 Å². The maximum Gasteiger partial charge on any atom is 0.165 e. The predicted molar refractivity (Wildman–Crippen MR) is 79.0 cm³/mol. The molecule has 3 rings (SSSR count). The van der Waals surface area contributed by atoms with E-state index in [-0.39, 0.29) is 23.7 Å². The summed E-state index contributed by atoms with van der Waals surface area (Å²) in [5, 5.41) is 0. The number of halogens is 1. The molecular formula is C17H18FNO2. The summed E-state index contributed by atoms with van der Waals surface area (Å²) in [5.74, 6) is 0.623. The zero-order chi connectivity index (χ0) is 15.0. The van der Waals surface area contributed by atoms with E-state index in [2.05, 4.69) is 0 Å². The lowest BCUT2D eigenvalue weighted by molar-refractivity contribution is 0.161. The van der Waals surface area contributed by atoms with Gasteiger partial charge in [-0.3, -0.25) is 0 Å². The molecule has 2 aromatic carbocycles. The molecule has 0 aliphatic carbocycles. The van der Waals surface area contributed by atoms with E-state index in [0.717, 1.165) is 22.4 Å². The van der Waals surface area contributed by atoms with Gasteiger partial charge in [-0.2, -0.15) is 0 Å². The number of hydrogen-bond donors (Lipinski definition) is 1. The Morgan fingerprint density at radius 3 is 2.76 bits per heavy atom. The Morgan fingerprint density at radius 1 is 1.24 bits per heavy atom. The third-order valence-corrected chi connectivity index (χ3v) is 3.85. The maximum absolute atomic E-state index is 13.8. The van der Waals surface area contributed by atoms with Crippen LogP contribution in [0.15, 0.2) is 36.4 Å². The van der Waals surface area contributed by atoms with Crippen LogP contribution in [0.25, 0.3) is 0 Å². The average Bonchev–Trinajstić information content (AvgIpc) is 2.47. The molecular weight excluding hydrogens is 269 g/mol. The lowest BCUT2D eigenvalue weighted by Crippen LogP contribution is -2.24. The van der Waals surface area contributed by atoms with Crippen molar-refractivity contribution >= 4 is 0 Å². The molecule has 0 aromatic heterocycles. The van der Waals surface area contributed by atoms with Crippen LogP contribution in [0, 0.1) is 12.7 Å². The molecule has 110 valence electrons. The van der Waals surface area contributed by atoms with Crippen molar-refractivity contribution < 1.29 is 13.9 Å². The van der Waals surface area contributed by atoms with Crippen molar-refractivity contribution in [3.8, 4) is 11.5 Å². The number of methoxy groups -OCH3 is 1. The summed E-state index contributed by atoms with van der Waals surface area (Å²) in [7, 11) is 1.45. The van der Waals surface area contributed by atoms with Gasteiger partial charge in [0.25, 0.3) is 0 Å². The van der Waals surface area contributed by atoms with Crippen LogP contribution in [0.2, 0.25) is 0 Å². The summed E-state index contributed by atoms with van der Waals surface area (Å²) in [5.41, 5.74) is 9.18. The average molecular weight is 287 g/mol. The minimum Gasteiger partial charge on any atom is -0.494 e. The lowest BCUT2D eigenvalue weighted by Gasteiger charge is -2.31. The predicted octanol–water partition coefficient (Wildman–Crippen LogP) is 3.67. The Kier molecular flexibility index (Phi) is 3.55. The van der Waals surface area contributed by atoms with Crippen LogP contribution >= 0.6 is 0 Å². The highest BCUT2D eigenvalue weighted by Gasteiger charge is 2.27. The Morgan fingerprint density at radius 2 is 2.05 bits per heavy atom. The Balaban J connectivity index is 1.92. The fourth-order valence-electron chi connectivity index (χ4n) is 2.71. The smallest absolute Gasteiger partial charge is 0.165 e. The summed E-state index contributed by atoms with van der Waals surface area (Å²) < 4.78 is 24.8.